The lowest BCUT2D eigenvalue weighted by Gasteiger charge is -2.22. The molecular weight excluding hydrogens is 548 g/mol. The average molecular weight is 593 g/mol. The van der Waals surface area contributed by atoms with Crippen LogP contribution >= 0.6 is 34.8 Å². The molecule has 5 unspecified atom stereocenters. The summed E-state index contributed by atoms with van der Waals surface area (Å²) in [6.45, 7) is 4.63. The molecule has 4 nitrogen and oxygen atoms in total. The van der Waals surface area contributed by atoms with Crippen LogP contribution in [0.3, 0.4) is 0 Å². The normalized spacial score (nSPS) is 14.5. The summed E-state index contributed by atoms with van der Waals surface area (Å²) in [7, 11) is 7.17. The Morgan fingerprint density at radius 3 is 2.39 bits per heavy atom. The van der Waals surface area contributed by atoms with E-state index in [4.69, 9.17) is 13.8 Å². The van der Waals surface area contributed by atoms with E-state index in [1.807, 2.05) is 60.7 Å². The molecule has 208 valence electrons. The molecule has 1 aromatic carbocycles. The molecule has 0 aliphatic heterocycles. The van der Waals surface area contributed by atoms with Crippen molar-refractivity contribution < 1.29 is 18.6 Å². The molecule has 38 heavy (non-hydrogen) atoms. The Kier molecular flexibility index (Phi) is 21.4. The molecule has 0 amide bonds. The van der Waals surface area contributed by atoms with Crippen molar-refractivity contribution in [3.8, 4) is 0 Å². The highest BCUT2D eigenvalue weighted by Crippen LogP contribution is 2.55. The van der Waals surface area contributed by atoms with Crippen molar-refractivity contribution in [3.63, 3.8) is 0 Å². The van der Waals surface area contributed by atoms with Crippen molar-refractivity contribution in [1.29, 1.82) is 0 Å². The van der Waals surface area contributed by atoms with Crippen LogP contribution in [0, 0.1) is 5.92 Å². The first-order valence-electron chi connectivity index (χ1n) is 13.0. The maximum atomic E-state index is 12.0. The van der Waals surface area contributed by atoms with Gasteiger partial charge in [-0.15, -0.1) is 0 Å². The minimum atomic E-state index is -0.577. The third-order valence-corrected chi connectivity index (χ3v) is 6.94. The van der Waals surface area contributed by atoms with Gasteiger partial charge in [0, 0.05) is 12.3 Å². The fraction of sp³-hybridized carbons (Fsp3) is 0.367. The molecule has 0 bridgehead atoms. The number of allylic oxidation sites excluding steroid dienone is 10. The van der Waals surface area contributed by atoms with Gasteiger partial charge in [0.05, 0.1) is 35.3 Å². The lowest BCUT2D eigenvalue weighted by atomic mass is 10.0. The number of carbonyl (C=O) groups excluding carboxylic acids is 1. The van der Waals surface area contributed by atoms with E-state index in [1.165, 1.54) is 0 Å². The molecule has 0 saturated carbocycles. The first-order chi connectivity index (χ1) is 18.5. The van der Waals surface area contributed by atoms with Crippen molar-refractivity contribution in [3.05, 3.63) is 108 Å². The summed E-state index contributed by atoms with van der Waals surface area (Å²) < 4.78 is 16.8. The fourth-order valence-electron chi connectivity index (χ4n) is 3.27. The zero-order valence-electron chi connectivity index (χ0n) is 22.7. The van der Waals surface area contributed by atoms with Crippen molar-refractivity contribution >= 4 is 40.8 Å². The lowest BCUT2D eigenvalue weighted by molar-refractivity contribution is -0.145. The molecule has 0 aromatic heterocycles. The van der Waals surface area contributed by atoms with E-state index in [0.29, 0.717) is 18.9 Å². The summed E-state index contributed by atoms with van der Waals surface area (Å²) in [6.07, 6.45) is 27.7. The Bertz CT molecular complexity index is 937. The summed E-state index contributed by atoms with van der Waals surface area (Å²) in [6, 6.07) is 9.67. The Morgan fingerprint density at radius 2 is 1.68 bits per heavy atom. The van der Waals surface area contributed by atoms with Gasteiger partial charge in [-0.05, 0) is 37.3 Å². The van der Waals surface area contributed by atoms with Crippen molar-refractivity contribution in [2.45, 2.75) is 65.1 Å². The Hall–Kier alpha value is -1.39. The smallest absolute Gasteiger partial charge is 0.306 e. The zero-order valence-corrected chi connectivity index (χ0v) is 27.0. The predicted molar refractivity (Wildman–Crippen MR) is 175 cm³/mol. The zero-order chi connectivity index (χ0) is 27.8. The molecule has 1 aromatic rings. The third kappa shape index (κ3) is 18.8. The second-order valence-corrected chi connectivity index (χ2v) is 14.6. The highest BCUT2D eigenvalue weighted by molar-refractivity contribution is 8.41. The van der Waals surface area contributed by atoms with Gasteiger partial charge in [-0.25, -0.2) is 0 Å². The molecule has 0 saturated heterocycles. The number of ether oxygens (including phenoxy) is 1. The van der Waals surface area contributed by atoms with Crippen LogP contribution in [-0.2, 0) is 25.2 Å². The highest BCUT2D eigenvalue weighted by atomic mass is 32.4. The number of rotatable bonds is 19. The number of hydrogen-bond acceptors (Lipinski definition) is 4. The van der Waals surface area contributed by atoms with Crippen molar-refractivity contribution in [2.24, 2.45) is 5.92 Å². The highest BCUT2D eigenvalue weighted by Gasteiger charge is 2.15. The first-order valence-corrected chi connectivity index (χ1v) is 17.9. The van der Waals surface area contributed by atoms with Gasteiger partial charge in [-0.2, -0.15) is 0 Å². The molecule has 0 spiro atoms. The van der Waals surface area contributed by atoms with Crippen LogP contribution < -0.4 is 0 Å². The number of carbonyl (C=O) groups is 1. The van der Waals surface area contributed by atoms with Gasteiger partial charge in [0.1, 0.15) is 6.61 Å². The van der Waals surface area contributed by atoms with Gasteiger partial charge in [-0.1, -0.05) is 123 Å². The molecular formula is C30H44O4P4. The SMILES string of the molecule is CC/C=C\C/C=C\CC(OP(P)P)C(C)\C=C/C=C/C=C\C/C=C(\CCC(=O)OCc1ccccc1)OP. The Labute approximate surface area is 238 Å². The standard InChI is InChI=1S/C30H44O4P4/c1-3-4-5-6-11-17-22-29(34-38(36)37)26(2)18-13-9-7-8-10-16-21-28(33-35)23-24-30(31)32-25-27-19-14-12-15-20-27/h4-5,7-15,17-21,26,29H,3,6,16,22-25,35-37H2,1-2H3/b5-4-,9-7+,10-8-,17-11-,18-13-,28-21+. The quantitative estimate of drug-likeness (QED) is 0.0528. The summed E-state index contributed by atoms with van der Waals surface area (Å²) in [5, 5.41) is 0. The molecule has 5 atom stereocenters. The maximum absolute atomic E-state index is 12.0. The van der Waals surface area contributed by atoms with Gasteiger partial charge in [0.15, 0.2) is 0 Å². The second-order valence-electron chi connectivity index (χ2n) is 8.55. The van der Waals surface area contributed by atoms with Crippen LogP contribution in [0.5, 0.6) is 0 Å². The number of esters is 1. The topological polar surface area (TPSA) is 44.8 Å². The molecule has 0 aliphatic rings. The molecule has 1 rings (SSSR count). The van der Waals surface area contributed by atoms with E-state index in [2.05, 4.69) is 77.6 Å². The maximum Gasteiger partial charge on any atom is 0.306 e. The molecule has 0 radical (unpaired) electrons. The van der Waals surface area contributed by atoms with Gasteiger partial charge in [0.2, 0.25) is 0 Å². The van der Waals surface area contributed by atoms with Crippen LogP contribution in [0.1, 0.15) is 57.9 Å². The van der Waals surface area contributed by atoms with Crippen LogP contribution in [0.15, 0.2) is 103 Å². The molecule has 0 fully saturated rings. The minimum Gasteiger partial charge on any atom is -0.485 e. The van der Waals surface area contributed by atoms with Gasteiger partial charge in [-0.3, -0.25) is 4.79 Å². The molecule has 8 heteroatoms. The Morgan fingerprint density at radius 1 is 0.947 bits per heavy atom. The Balaban J connectivity index is 2.40. The largest absolute Gasteiger partial charge is 0.485 e. The van der Waals surface area contributed by atoms with Crippen LogP contribution in [0.2, 0.25) is 0 Å². The van der Waals surface area contributed by atoms with E-state index in [0.717, 1.165) is 37.0 Å². The van der Waals surface area contributed by atoms with Crippen molar-refractivity contribution in [1.82, 2.24) is 0 Å². The van der Waals surface area contributed by atoms with E-state index in [1.54, 1.807) is 0 Å². The average Bonchev–Trinajstić information content (AvgIpc) is 2.92. The second kappa shape index (κ2) is 23.5. The summed E-state index contributed by atoms with van der Waals surface area (Å²) in [5.74, 6) is 0.814. The minimum absolute atomic E-state index is 0.147. The molecule has 0 N–H and O–H groups in total. The molecule has 0 aliphatic carbocycles. The number of hydrogen-bond donors (Lipinski definition) is 0. The van der Waals surface area contributed by atoms with Gasteiger partial charge < -0.3 is 13.8 Å². The van der Waals surface area contributed by atoms with Gasteiger partial charge in [0.25, 0.3) is 0 Å². The predicted octanol–water partition coefficient (Wildman–Crippen LogP) is 9.56. The van der Waals surface area contributed by atoms with E-state index in [9.17, 15) is 4.79 Å². The van der Waals surface area contributed by atoms with Crippen molar-refractivity contribution in [2.75, 3.05) is 0 Å². The lowest BCUT2D eigenvalue weighted by Crippen LogP contribution is -2.16. The molecule has 0 heterocycles. The van der Waals surface area contributed by atoms with Crippen LogP contribution in [-0.4, -0.2) is 12.1 Å². The van der Waals surface area contributed by atoms with Crippen LogP contribution in [0.25, 0.3) is 0 Å². The summed E-state index contributed by atoms with van der Waals surface area (Å²) in [5.41, 5.74) is 0.979. The van der Waals surface area contributed by atoms with Crippen LogP contribution in [0.4, 0.5) is 0 Å². The van der Waals surface area contributed by atoms with E-state index >= 15 is 0 Å². The van der Waals surface area contributed by atoms with E-state index in [-0.39, 0.29) is 18.5 Å². The summed E-state index contributed by atoms with van der Waals surface area (Å²) in [4.78, 5) is 12.0. The monoisotopic (exact) mass is 592 g/mol. The first kappa shape index (κ1) is 34.6. The summed E-state index contributed by atoms with van der Waals surface area (Å²) >= 11 is 0. The third-order valence-electron chi connectivity index (χ3n) is 5.39. The fourth-order valence-corrected chi connectivity index (χ4v) is 5.01. The van der Waals surface area contributed by atoms with Gasteiger partial charge >= 0.3 is 5.97 Å². The van der Waals surface area contributed by atoms with E-state index < -0.39 is 7.53 Å². The number of benzene rings is 1.